The van der Waals surface area contributed by atoms with E-state index in [1.54, 1.807) is 12.4 Å². The molecule has 0 saturated carbocycles. The lowest BCUT2D eigenvalue weighted by Crippen LogP contribution is -2.24. The molecular weight excluding hydrogens is 202 g/mol. The summed E-state index contributed by atoms with van der Waals surface area (Å²) in [5.41, 5.74) is 0.929. The smallest absolute Gasteiger partial charge is 0.144 e. The summed E-state index contributed by atoms with van der Waals surface area (Å²) in [6.07, 6.45) is 4.03. The fraction of sp³-hybridized carbons (Fsp3) is 0.545. The summed E-state index contributed by atoms with van der Waals surface area (Å²) in [5.74, 6) is 0.767. The molecule has 1 aromatic heterocycles. The van der Waals surface area contributed by atoms with E-state index in [1.807, 2.05) is 7.05 Å². The van der Waals surface area contributed by atoms with Crippen molar-refractivity contribution >= 4 is 5.82 Å². The molecule has 86 valence electrons. The van der Waals surface area contributed by atoms with Gasteiger partial charge in [0.1, 0.15) is 5.82 Å². The SMILES string of the molecule is CCN(CCC#N)Cc1cnc(NC)cn1. The average molecular weight is 219 g/mol. The number of nitrogens with zero attached hydrogens (tertiary/aromatic N) is 4. The van der Waals surface area contributed by atoms with E-state index >= 15 is 0 Å². The Morgan fingerprint density at radius 2 is 2.25 bits per heavy atom. The van der Waals surface area contributed by atoms with Gasteiger partial charge in [0, 0.05) is 26.6 Å². The van der Waals surface area contributed by atoms with Crippen molar-refractivity contribution in [1.29, 1.82) is 5.26 Å². The van der Waals surface area contributed by atoms with Gasteiger partial charge in [-0.2, -0.15) is 5.26 Å². The Labute approximate surface area is 96.1 Å². The fourth-order valence-electron chi connectivity index (χ4n) is 1.35. The molecule has 0 radical (unpaired) electrons. The molecule has 1 N–H and O–H groups in total. The lowest BCUT2D eigenvalue weighted by molar-refractivity contribution is 0.283. The highest BCUT2D eigenvalue weighted by Crippen LogP contribution is 2.03. The lowest BCUT2D eigenvalue weighted by Gasteiger charge is -2.17. The van der Waals surface area contributed by atoms with Crippen LogP contribution < -0.4 is 5.32 Å². The molecule has 16 heavy (non-hydrogen) atoms. The highest BCUT2D eigenvalue weighted by atomic mass is 15.1. The summed E-state index contributed by atoms with van der Waals surface area (Å²) in [4.78, 5) is 10.7. The van der Waals surface area contributed by atoms with Crippen molar-refractivity contribution in [2.75, 3.05) is 25.5 Å². The number of hydrogen-bond donors (Lipinski definition) is 1. The first kappa shape index (κ1) is 12.4. The third-order valence-electron chi connectivity index (χ3n) is 2.33. The summed E-state index contributed by atoms with van der Waals surface area (Å²) in [7, 11) is 1.81. The van der Waals surface area contributed by atoms with Gasteiger partial charge in [-0.05, 0) is 6.54 Å². The second-order valence-corrected chi connectivity index (χ2v) is 3.42. The Balaban J connectivity index is 2.53. The Morgan fingerprint density at radius 3 is 2.75 bits per heavy atom. The molecule has 0 amide bonds. The highest BCUT2D eigenvalue weighted by Gasteiger charge is 2.04. The molecule has 0 atom stereocenters. The molecule has 0 unspecified atom stereocenters. The van der Waals surface area contributed by atoms with Gasteiger partial charge in [-0.1, -0.05) is 6.92 Å². The van der Waals surface area contributed by atoms with Gasteiger partial charge in [-0.25, -0.2) is 4.98 Å². The summed E-state index contributed by atoms with van der Waals surface area (Å²) < 4.78 is 0. The minimum atomic E-state index is 0.551. The normalized spacial score (nSPS) is 10.1. The second-order valence-electron chi connectivity index (χ2n) is 3.42. The number of nitrogens with one attached hydrogen (secondary N) is 1. The fourth-order valence-corrected chi connectivity index (χ4v) is 1.35. The molecule has 0 aliphatic rings. The van der Waals surface area contributed by atoms with Crippen LogP contribution in [0.1, 0.15) is 19.0 Å². The van der Waals surface area contributed by atoms with Crippen LogP contribution in [0.4, 0.5) is 5.82 Å². The third-order valence-corrected chi connectivity index (χ3v) is 2.33. The maximum atomic E-state index is 8.53. The van der Waals surface area contributed by atoms with Gasteiger partial charge < -0.3 is 5.32 Å². The molecule has 0 fully saturated rings. The van der Waals surface area contributed by atoms with Crippen LogP contribution in [-0.4, -0.2) is 35.0 Å². The predicted molar refractivity (Wildman–Crippen MR) is 62.8 cm³/mol. The van der Waals surface area contributed by atoms with E-state index in [2.05, 4.69) is 33.2 Å². The number of anilines is 1. The minimum absolute atomic E-state index is 0.551. The van der Waals surface area contributed by atoms with Crippen LogP contribution in [-0.2, 0) is 6.54 Å². The minimum Gasteiger partial charge on any atom is -0.372 e. The standard InChI is InChI=1S/C11H17N5/c1-3-16(6-4-5-12)9-10-7-15-11(13-2)8-14-10/h7-8H,3-4,6,9H2,1-2H3,(H,13,15). The summed E-state index contributed by atoms with van der Waals surface area (Å²) >= 11 is 0. The number of hydrogen-bond acceptors (Lipinski definition) is 5. The third kappa shape index (κ3) is 3.83. The molecule has 0 saturated heterocycles. The maximum absolute atomic E-state index is 8.53. The molecule has 0 spiro atoms. The zero-order valence-corrected chi connectivity index (χ0v) is 9.77. The van der Waals surface area contributed by atoms with Crippen molar-refractivity contribution in [2.24, 2.45) is 0 Å². The quantitative estimate of drug-likeness (QED) is 0.780. The van der Waals surface area contributed by atoms with E-state index in [9.17, 15) is 0 Å². The van der Waals surface area contributed by atoms with E-state index in [1.165, 1.54) is 0 Å². The Kier molecular flexibility index (Phi) is 5.23. The largest absolute Gasteiger partial charge is 0.372 e. The zero-order valence-electron chi connectivity index (χ0n) is 9.77. The van der Waals surface area contributed by atoms with E-state index < -0.39 is 0 Å². The molecule has 0 bridgehead atoms. The summed E-state index contributed by atoms with van der Waals surface area (Å²) in [5, 5.41) is 11.5. The topological polar surface area (TPSA) is 64.8 Å². The molecule has 0 aliphatic carbocycles. The first-order valence-corrected chi connectivity index (χ1v) is 5.38. The van der Waals surface area contributed by atoms with Gasteiger partial charge in [0.05, 0.1) is 24.2 Å². The van der Waals surface area contributed by atoms with Crippen molar-refractivity contribution in [3.05, 3.63) is 18.1 Å². The van der Waals surface area contributed by atoms with Crippen LogP contribution in [0.25, 0.3) is 0 Å². The average Bonchev–Trinajstić information content (AvgIpc) is 2.35. The zero-order chi connectivity index (χ0) is 11.8. The van der Waals surface area contributed by atoms with Crippen molar-refractivity contribution < 1.29 is 0 Å². The highest BCUT2D eigenvalue weighted by molar-refractivity contribution is 5.29. The summed E-state index contributed by atoms with van der Waals surface area (Å²) in [6, 6.07) is 2.15. The van der Waals surface area contributed by atoms with Crippen LogP contribution >= 0.6 is 0 Å². The van der Waals surface area contributed by atoms with E-state index in [0.717, 1.165) is 31.1 Å². The molecular formula is C11H17N5. The van der Waals surface area contributed by atoms with Gasteiger partial charge >= 0.3 is 0 Å². The van der Waals surface area contributed by atoms with Gasteiger partial charge in [0.2, 0.25) is 0 Å². The molecule has 1 aromatic rings. The van der Waals surface area contributed by atoms with Gasteiger partial charge in [0.15, 0.2) is 0 Å². The number of rotatable bonds is 6. The molecule has 0 aromatic carbocycles. The first-order valence-electron chi connectivity index (χ1n) is 5.38. The summed E-state index contributed by atoms with van der Waals surface area (Å²) in [6.45, 7) is 4.52. The molecule has 0 aliphatic heterocycles. The maximum Gasteiger partial charge on any atom is 0.144 e. The van der Waals surface area contributed by atoms with Crippen LogP contribution in [0.2, 0.25) is 0 Å². The first-order chi connectivity index (χ1) is 7.80. The Hall–Kier alpha value is -1.67. The van der Waals surface area contributed by atoms with Crippen LogP contribution in [0.3, 0.4) is 0 Å². The van der Waals surface area contributed by atoms with Crippen LogP contribution in [0.15, 0.2) is 12.4 Å². The molecule has 5 heteroatoms. The Bertz CT molecular complexity index is 340. The van der Waals surface area contributed by atoms with E-state index in [0.29, 0.717) is 6.42 Å². The molecule has 1 rings (SSSR count). The molecule has 5 nitrogen and oxygen atoms in total. The monoisotopic (exact) mass is 219 g/mol. The van der Waals surface area contributed by atoms with Crippen molar-refractivity contribution in [1.82, 2.24) is 14.9 Å². The van der Waals surface area contributed by atoms with Gasteiger partial charge in [-0.15, -0.1) is 0 Å². The molecule has 1 heterocycles. The van der Waals surface area contributed by atoms with Crippen LogP contribution in [0, 0.1) is 11.3 Å². The predicted octanol–water partition coefficient (Wildman–Crippen LogP) is 1.25. The Morgan fingerprint density at radius 1 is 1.44 bits per heavy atom. The van der Waals surface area contributed by atoms with E-state index in [4.69, 9.17) is 5.26 Å². The van der Waals surface area contributed by atoms with Crippen molar-refractivity contribution in [3.63, 3.8) is 0 Å². The second kappa shape index (κ2) is 6.75. The lowest BCUT2D eigenvalue weighted by atomic mass is 10.3. The van der Waals surface area contributed by atoms with Crippen molar-refractivity contribution in [2.45, 2.75) is 19.9 Å². The van der Waals surface area contributed by atoms with Crippen LogP contribution in [0.5, 0.6) is 0 Å². The van der Waals surface area contributed by atoms with E-state index in [-0.39, 0.29) is 0 Å². The number of nitriles is 1. The van der Waals surface area contributed by atoms with Gasteiger partial charge in [0.25, 0.3) is 0 Å². The van der Waals surface area contributed by atoms with Gasteiger partial charge in [-0.3, -0.25) is 9.88 Å². The van der Waals surface area contributed by atoms with Crippen molar-refractivity contribution in [3.8, 4) is 6.07 Å². The number of aromatic nitrogens is 2.